The minimum atomic E-state index is -0.556. The van der Waals surface area contributed by atoms with Crippen LogP contribution in [-0.2, 0) is 16.1 Å². The molecule has 0 aliphatic carbocycles. The number of ether oxygens (including phenoxy) is 1. The number of rotatable bonds is 6. The minimum Gasteiger partial charge on any atom is -0.452 e. The second-order valence-electron chi connectivity index (χ2n) is 7.75. The number of carbonyl (C=O) groups excluding carboxylic acids is 2. The van der Waals surface area contributed by atoms with Gasteiger partial charge >= 0.3 is 5.97 Å². The Balaban J connectivity index is 1.26. The zero-order valence-electron chi connectivity index (χ0n) is 17.6. The Bertz CT molecular complexity index is 1040. The molecule has 4 rings (SSSR count). The zero-order chi connectivity index (χ0) is 21.6. The third-order valence-electron chi connectivity index (χ3n) is 5.46. The van der Waals surface area contributed by atoms with Crippen molar-refractivity contribution < 1.29 is 14.3 Å². The van der Waals surface area contributed by atoms with Crippen LogP contribution in [0.5, 0.6) is 0 Å². The zero-order valence-corrected chi connectivity index (χ0v) is 17.6. The van der Waals surface area contributed by atoms with Gasteiger partial charge in [-0.15, -0.1) is 0 Å². The number of piperazine rings is 1. The van der Waals surface area contributed by atoms with E-state index >= 15 is 0 Å². The standard InChI is InChI=1S/C24H26N4O3/c1-18-6-5-7-19(14-18)16-27-10-12-28(13-11-27)22(29)17-31-24(30)21-15-25-26-23(21)20-8-3-2-4-9-20/h2-9,14-15H,10-13,16-17H2,1H3,(H,25,26). The van der Waals surface area contributed by atoms with E-state index in [9.17, 15) is 9.59 Å². The van der Waals surface area contributed by atoms with E-state index in [1.54, 1.807) is 4.90 Å². The van der Waals surface area contributed by atoms with E-state index in [2.05, 4.69) is 46.3 Å². The van der Waals surface area contributed by atoms with Gasteiger partial charge in [0.2, 0.25) is 0 Å². The minimum absolute atomic E-state index is 0.173. The van der Waals surface area contributed by atoms with Crippen molar-refractivity contribution in [2.24, 2.45) is 0 Å². The molecule has 0 radical (unpaired) electrons. The number of aryl methyl sites for hydroxylation is 1. The predicted octanol–water partition coefficient (Wildman–Crippen LogP) is 2.89. The van der Waals surface area contributed by atoms with E-state index in [4.69, 9.17) is 4.74 Å². The highest BCUT2D eigenvalue weighted by atomic mass is 16.5. The summed E-state index contributed by atoms with van der Waals surface area (Å²) in [6.45, 7) is 5.55. The molecule has 1 N–H and O–H groups in total. The summed E-state index contributed by atoms with van der Waals surface area (Å²) in [6, 6.07) is 17.9. The largest absolute Gasteiger partial charge is 0.452 e. The van der Waals surface area contributed by atoms with Crippen molar-refractivity contribution in [2.45, 2.75) is 13.5 Å². The highest BCUT2D eigenvalue weighted by Gasteiger charge is 2.23. The summed E-state index contributed by atoms with van der Waals surface area (Å²) < 4.78 is 5.30. The van der Waals surface area contributed by atoms with Crippen molar-refractivity contribution in [2.75, 3.05) is 32.8 Å². The SMILES string of the molecule is Cc1cccc(CN2CCN(C(=O)COC(=O)c3cn[nH]c3-c3ccccc3)CC2)c1. The first kappa shape index (κ1) is 20.8. The summed E-state index contributed by atoms with van der Waals surface area (Å²) >= 11 is 0. The molecule has 2 aromatic carbocycles. The van der Waals surface area contributed by atoms with Crippen molar-refractivity contribution in [3.8, 4) is 11.3 Å². The molecule has 1 aromatic heterocycles. The molecule has 3 aromatic rings. The lowest BCUT2D eigenvalue weighted by molar-refractivity contribution is -0.136. The predicted molar refractivity (Wildman–Crippen MR) is 117 cm³/mol. The second-order valence-corrected chi connectivity index (χ2v) is 7.75. The first-order valence-corrected chi connectivity index (χ1v) is 10.4. The number of aromatic amines is 1. The van der Waals surface area contributed by atoms with Gasteiger partial charge in [0, 0.05) is 38.3 Å². The summed E-state index contributed by atoms with van der Waals surface area (Å²) in [5.41, 5.74) is 4.28. The molecule has 7 heteroatoms. The van der Waals surface area contributed by atoms with Crippen LogP contribution in [0.3, 0.4) is 0 Å². The van der Waals surface area contributed by atoms with Crippen LogP contribution in [0.15, 0.2) is 60.8 Å². The van der Waals surface area contributed by atoms with E-state index in [-0.39, 0.29) is 12.5 Å². The number of benzene rings is 2. The van der Waals surface area contributed by atoms with E-state index in [0.29, 0.717) is 24.3 Å². The molecule has 1 amide bonds. The van der Waals surface area contributed by atoms with Crippen LogP contribution in [0, 0.1) is 6.92 Å². The number of hydrogen-bond donors (Lipinski definition) is 1. The molecule has 1 aliphatic heterocycles. The number of aromatic nitrogens is 2. The van der Waals surface area contributed by atoms with Gasteiger partial charge in [-0.2, -0.15) is 5.10 Å². The molecule has 0 spiro atoms. The lowest BCUT2D eigenvalue weighted by atomic mass is 10.1. The molecule has 0 unspecified atom stereocenters. The maximum atomic E-state index is 12.5. The third kappa shape index (κ3) is 5.19. The Morgan fingerprint density at radius 1 is 1.03 bits per heavy atom. The number of nitrogens with zero attached hydrogens (tertiary/aromatic N) is 3. The first-order valence-electron chi connectivity index (χ1n) is 10.4. The highest BCUT2D eigenvalue weighted by Crippen LogP contribution is 2.21. The maximum absolute atomic E-state index is 12.5. The molecule has 0 saturated carbocycles. The number of H-pyrrole nitrogens is 1. The van der Waals surface area contributed by atoms with E-state index in [0.717, 1.165) is 25.2 Å². The fourth-order valence-electron chi connectivity index (χ4n) is 3.79. The Kier molecular flexibility index (Phi) is 6.43. The van der Waals surface area contributed by atoms with E-state index in [1.165, 1.54) is 17.3 Å². The van der Waals surface area contributed by atoms with Crippen molar-refractivity contribution in [3.63, 3.8) is 0 Å². The third-order valence-corrected chi connectivity index (χ3v) is 5.46. The number of hydrogen-bond acceptors (Lipinski definition) is 5. The summed E-state index contributed by atoms with van der Waals surface area (Å²) in [6.07, 6.45) is 1.43. The first-order chi connectivity index (χ1) is 15.1. The van der Waals surface area contributed by atoms with Crippen molar-refractivity contribution in [3.05, 3.63) is 77.5 Å². The number of carbonyl (C=O) groups is 2. The Hall–Kier alpha value is -3.45. The van der Waals surface area contributed by atoms with Crippen LogP contribution in [0.25, 0.3) is 11.3 Å². The van der Waals surface area contributed by atoms with Gasteiger partial charge in [0.15, 0.2) is 6.61 Å². The lowest BCUT2D eigenvalue weighted by Crippen LogP contribution is -2.49. The highest BCUT2D eigenvalue weighted by molar-refractivity contribution is 5.97. The molecule has 1 aliphatic rings. The summed E-state index contributed by atoms with van der Waals surface area (Å²) in [7, 11) is 0. The van der Waals surface area contributed by atoms with Gasteiger partial charge < -0.3 is 9.64 Å². The van der Waals surface area contributed by atoms with Crippen LogP contribution in [0.4, 0.5) is 0 Å². The monoisotopic (exact) mass is 418 g/mol. The van der Waals surface area contributed by atoms with Gasteiger partial charge in [0.25, 0.3) is 5.91 Å². The average Bonchev–Trinajstić information content (AvgIpc) is 3.28. The van der Waals surface area contributed by atoms with Gasteiger partial charge in [-0.1, -0.05) is 60.2 Å². The van der Waals surface area contributed by atoms with Crippen LogP contribution >= 0.6 is 0 Å². The molecular weight excluding hydrogens is 392 g/mol. The van der Waals surface area contributed by atoms with Gasteiger partial charge in [0.1, 0.15) is 5.56 Å². The molecule has 31 heavy (non-hydrogen) atoms. The quantitative estimate of drug-likeness (QED) is 0.623. The molecule has 1 fully saturated rings. The summed E-state index contributed by atoms with van der Waals surface area (Å²) in [5, 5.41) is 6.79. The summed E-state index contributed by atoms with van der Waals surface area (Å²) in [5.74, 6) is -0.729. The normalized spacial score (nSPS) is 14.4. The van der Waals surface area contributed by atoms with Gasteiger partial charge in [-0.25, -0.2) is 4.79 Å². The topological polar surface area (TPSA) is 78.5 Å². The van der Waals surface area contributed by atoms with Crippen LogP contribution in [0.1, 0.15) is 21.5 Å². The smallest absolute Gasteiger partial charge is 0.342 e. The van der Waals surface area contributed by atoms with Crippen molar-refractivity contribution in [1.29, 1.82) is 0 Å². The molecule has 2 heterocycles. The fourth-order valence-corrected chi connectivity index (χ4v) is 3.79. The molecular formula is C24H26N4O3. The lowest BCUT2D eigenvalue weighted by Gasteiger charge is -2.34. The van der Waals surface area contributed by atoms with Crippen LogP contribution in [0.2, 0.25) is 0 Å². The molecule has 160 valence electrons. The van der Waals surface area contributed by atoms with E-state index in [1.807, 2.05) is 30.3 Å². The molecule has 1 saturated heterocycles. The molecule has 7 nitrogen and oxygen atoms in total. The van der Waals surface area contributed by atoms with Gasteiger partial charge in [-0.05, 0) is 12.5 Å². The van der Waals surface area contributed by atoms with Gasteiger partial charge in [-0.3, -0.25) is 14.8 Å². The Morgan fingerprint density at radius 3 is 2.55 bits per heavy atom. The second kappa shape index (κ2) is 9.57. The summed E-state index contributed by atoms with van der Waals surface area (Å²) in [4.78, 5) is 29.1. The fraction of sp³-hybridized carbons (Fsp3) is 0.292. The van der Waals surface area contributed by atoms with Gasteiger partial charge in [0.05, 0.1) is 11.9 Å². The van der Waals surface area contributed by atoms with Crippen LogP contribution < -0.4 is 0 Å². The molecule has 0 bridgehead atoms. The van der Waals surface area contributed by atoms with Crippen LogP contribution in [-0.4, -0.2) is 64.7 Å². The number of nitrogens with one attached hydrogen (secondary N) is 1. The molecule has 0 atom stereocenters. The maximum Gasteiger partial charge on any atom is 0.342 e. The van der Waals surface area contributed by atoms with E-state index < -0.39 is 5.97 Å². The Morgan fingerprint density at radius 2 is 1.81 bits per heavy atom. The number of amides is 1. The van der Waals surface area contributed by atoms with Crippen molar-refractivity contribution >= 4 is 11.9 Å². The number of esters is 1. The van der Waals surface area contributed by atoms with Crippen molar-refractivity contribution in [1.82, 2.24) is 20.0 Å². The Labute approximate surface area is 181 Å². The average molecular weight is 418 g/mol.